The molecule has 0 aromatic carbocycles. The molecule has 0 aromatic rings. The first-order chi connectivity index (χ1) is 1.73. The SMILES string of the molecule is SC(I)I. The van der Waals surface area contributed by atoms with Crippen molar-refractivity contribution >= 4 is 57.8 Å². The molecule has 0 rings (SSSR count). The van der Waals surface area contributed by atoms with Gasteiger partial charge in [0.25, 0.3) is 0 Å². The Morgan fingerprint density at radius 3 is 1.50 bits per heavy atom. The van der Waals surface area contributed by atoms with E-state index in [1.165, 1.54) is 0 Å². The van der Waals surface area contributed by atoms with Crippen molar-refractivity contribution in [1.29, 1.82) is 0 Å². The van der Waals surface area contributed by atoms with E-state index in [1.54, 1.807) is 0 Å². The highest BCUT2D eigenvalue weighted by Crippen LogP contribution is 2.11. The monoisotopic (exact) mass is 300 g/mol. The van der Waals surface area contributed by atoms with Gasteiger partial charge in [-0.3, -0.25) is 0 Å². The Kier molecular flexibility index (Phi) is 4.38. The lowest BCUT2D eigenvalue weighted by molar-refractivity contribution is 2.37. The maximum atomic E-state index is 3.94. The Morgan fingerprint density at radius 1 is 1.50 bits per heavy atom. The zero-order chi connectivity index (χ0) is 3.58. The van der Waals surface area contributed by atoms with Gasteiger partial charge in [-0.05, 0) is 0 Å². The van der Waals surface area contributed by atoms with Crippen molar-refractivity contribution < 1.29 is 0 Å². The summed E-state index contributed by atoms with van der Waals surface area (Å²) in [6, 6.07) is 0. The molecule has 4 heavy (non-hydrogen) atoms. The molecule has 0 saturated heterocycles. The zero-order valence-electron chi connectivity index (χ0n) is 1.78. The van der Waals surface area contributed by atoms with Crippen LogP contribution in [-0.2, 0) is 0 Å². The van der Waals surface area contributed by atoms with Crippen LogP contribution in [0.5, 0.6) is 0 Å². The van der Waals surface area contributed by atoms with Crippen LogP contribution in [0, 0.1) is 0 Å². The van der Waals surface area contributed by atoms with Crippen molar-refractivity contribution in [2.24, 2.45) is 0 Å². The Balaban J connectivity index is 2.32. The number of thiol groups is 1. The van der Waals surface area contributed by atoms with E-state index in [0.29, 0.717) is 1.26 Å². The van der Waals surface area contributed by atoms with Crippen LogP contribution < -0.4 is 0 Å². The summed E-state index contributed by atoms with van der Waals surface area (Å²) in [4.78, 5) is 0. The first-order valence-corrected chi connectivity index (χ1v) is 3.70. The highest BCUT2D eigenvalue weighted by molar-refractivity contribution is 14.2. The van der Waals surface area contributed by atoms with Crippen LogP contribution in [0.1, 0.15) is 0 Å². The summed E-state index contributed by atoms with van der Waals surface area (Å²) >= 11 is 8.33. The molecule has 0 amide bonds. The van der Waals surface area contributed by atoms with Crippen LogP contribution in [0.25, 0.3) is 0 Å². The van der Waals surface area contributed by atoms with E-state index in [-0.39, 0.29) is 0 Å². The third kappa shape index (κ3) is 9.18. The van der Waals surface area contributed by atoms with Gasteiger partial charge in [-0.15, -0.1) is 0 Å². The summed E-state index contributed by atoms with van der Waals surface area (Å²) in [6.45, 7) is 0. The van der Waals surface area contributed by atoms with Crippen molar-refractivity contribution in [3.63, 3.8) is 0 Å². The van der Waals surface area contributed by atoms with E-state index in [4.69, 9.17) is 0 Å². The normalized spacial score (nSPS) is 9.00. The van der Waals surface area contributed by atoms with Gasteiger partial charge in [0.15, 0.2) is 0 Å². The van der Waals surface area contributed by atoms with Gasteiger partial charge in [0, 0.05) is 0 Å². The molecule has 0 aliphatic rings. The fraction of sp³-hybridized carbons (Fsp3) is 1.00. The summed E-state index contributed by atoms with van der Waals surface area (Å²) in [7, 11) is 0. The van der Waals surface area contributed by atoms with Crippen molar-refractivity contribution in [1.82, 2.24) is 0 Å². The first kappa shape index (κ1) is 5.81. The van der Waals surface area contributed by atoms with Crippen molar-refractivity contribution in [2.75, 3.05) is 0 Å². The van der Waals surface area contributed by atoms with Crippen molar-refractivity contribution in [3.05, 3.63) is 0 Å². The van der Waals surface area contributed by atoms with Gasteiger partial charge in [-0.25, -0.2) is 0 Å². The molecule has 26 valence electrons. The predicted molar refractivity (Wildman–Crippen MR) is 40.8 cm³/mol. The standard InChI is InChI=1S/CH2I2S/c2-1(3)4/h1,4H. The lowest BCUT2D eigenvalue weighted by atomic mass is 11.9. The molecule has 0 atom stereocenters. The molecule has 0 radical (unpaired) electrons. The second kappa shape index (κ2) is 3.02. The third-order valence-electron chi connectivity index (χ3n) is 0. The van der Waals surface area contributed by atoms with E-state index in [1.807, 2.05) is 0 Å². The number of rotatable bonds is 0. The molecule has 0 nitrogen and oxygen atoms in total. The number of halogens is 2. The summed E-state index contributed by atoms with van der Waals surface area (Å²) in [5.41, 5.74) is 0. The minimum Gasteiger partial charge on any atom is -0.155 e. The molecule has 3 heteroatoms. The van der Waals surface area contributed by atoms with Crippen LogP contribution in [0.4, 0.5) is 0 Å². The summed E-state index contributed by atoms with van der Waals surface area (Å²) < 4.78 is 0.468. The highest BCUT2D eigenvalue weighted by Gasteiger charge is 1.74. The Bertz CT molecular complexity index is 10.8. The van der Waals surface area contributed by atoms with Gasteiger partial charge in [-0.1, -0.05) is 45.2 Å². The largest absolute Gasteiger partial charge is 0.155 e. The van der Waals surface area contributed by atoms with Gasteiger partial charge < -0.3 is 0 Å². The number of hydrogen-bond donors (Lipinski definition) is 1. The predicted octanol–water partition coefficient (Wildman–Crippen LogP) is 2.07. The molecule has 0 bridgehead atoms. The molecule has 0 saturated carbocycles. The quantitative estimate of drug-likeness (QED) is 0.395. The maximum Gasteiger partial charge on any atom is 0.105 e. The van der Waals surface area contributed by atoms with Crippen molar-refractivity contribution in [3.8, 4) is 0 Å². The average molecular weight is 300 g/mol. The molecule has 0 aliphatic heterocycles. The molecular formula is CH2I2S. The molecule has 0 unspecified atom stereocenters. The van der Waals surface area contributed by atoms with Crippen LogP contribution in [-0.4, -0.2) is 1.26 Å². The average Bonchev–Trinajstić information content (AvgIpc) is 0.811. The number of hydrogen-bond acceptors (Lipinski definition) is 1. The molecule has 0 N–H and O–H groups in total. The second-order valence-corrected chi connectivity index (χ2v) is 7.64. The van der Waals surface area contributed by atoms with Gasteiger partial charge in [0.05, 0.1) is 0 Å². The van der Waals surface area contributed by atoms with E-state index in [2.05, 4.69) is 57.8 Å². The molecule has 0 aliphatic carbocycles. The van der Waals surface area contributed by atoms with E-state index >= 15 is 0 Å². The van der Waals surface area contributed by atoms with E-state index in [9.17, 15) is 0 Å². The third-order valence-corrected chi connectivity index (χ3v) is 0. The lowest BCUT2D eigenvalue weighted by Crippen LogP contribution is -1.50. The Morgan fingerprint density at radius 2 is 1.50 bits per heavy atom. The van der Waals surface area contributed by atoms with Crippen molar-refractivity contribution in [2.45, 2.75) is 1.26 Å². The highest BCUT2D eigenvalue weighted by atomic mass is 127. The number of alkyl halides is 2. The van der Waals surface area contributed by atoms with Crippen LogP contribution in [0.3, 0.4) is 0 Å². The van der Waals surface area contributed by atoms with Gasteiger partial charge >= 0.3 is 0 Å². The van der Waals surface area contributed by atoms with Gasteiger partial charge in [-0.2, -0.15) is 12.6 Å². The molecule has 0 spiro atoms. The molecular weight excluding hydrogens is 298 g/mol. The minimum absolute atomic E-state index is 0.468. The van der Waals surface area contributed by atoms with E-state index < -0.39 is 0 Å². The fourth-order valence-electron chi connectivity index (χ4n) is 0. The molecule has 0 aromatic heterocycles. The minimum atomic E-state index is 0.468. The summed E-state index contributed by atoms with van der Waals surface area (Å²) in [6.07, 6.45) is 0. The summed E-state index contributed by atoms with van der Waals surface area (Å²) in [5, 5.41) is 0. The maximum absolute atomic E-state index is 3.94. The second-order valence-electron chi connectivity index (χ2n) is 0.278. The first-order valence-electron chi connectivity index (χ1n) is 0.695. The van der Waals surface area contributed by atoms with Crippen LogP contribution in [0.15, 0.2) is 0 Å². The Hall–Kier alpha value is 1.81. The Labute approximate surface area is 58.4 Å². The van der Waals surface area contributed by atoms with Crippen LogP contribution >= 0.6 is 57.8 Å². The molecule has 0 fully saturated rings. The summed E-state index contributed by atoms with van der Waals surface area (Å²) in [5.74, 6) is 0. The molecule has 0 heterocycles. The van der Waals surface area contributed by atoms with Gasteiger partial charge in [0.2, 0.25) is 0 Å². The van der Waals surface area contributed by atoms with Gasteiger partial charge in [0.1, 0.15) is 1.26 Å². The van der Waals surface area contributed by atoms with Crippen LogP contribution in [0.2, 0.25) is 0 Å². The fourth-order valence-corrected chi connectivity index (χ4v) is 0. The lowest BCUT2D eigenvalue weighted by Gasteiger charge is -1.73. The zero-order valence-corrected chi connectivity index (χ0v) is 6.99. The topological polar surface area (TPSA) is 0 Å². The van der Waals surface area contributed by atoms with E-state index in [0.717, 1.165) is 0 Å². The smallest absolute Gasteiger partial charge is 0.105 e.